The molecule has 1 fully saturated rings. The van der Waals surface area contributed by atoms with Crippen molar-refractivity contribution < 1.29 is 18.4 Å². The van der Waals surface area contributed by atoms with Crippen molar-refractivity contribution in [3.8, 4) is 0 Å². The Hall–Kier alpha value is -2.57. The highest BCUT2D eigenvalue weighted by molar-refractivity contribution is 6.06. The van der Waals surface area contributed by atoms with Crippen LogP contribution in [0.15, 0.2) is 24.4 Å². The monoisotopic (exact) mass is 345 g/mol. The molecule has 0 bridgehead atoms. The number of anilines is 1. The zero-order valence-electron chi connectivity index (χ0n) is 13.6. The van der Waals surface area contributed by atoms with Crippen LogP contribution in [0, 0.1) is 0 Å². The van der Waals surface area contributed by atoms with Crippen molar-refractivity contribution in [1.29, 1.82) is 0 Å². The molecule has 2 aromatic rings. The normalized spacial score (nSPS) is 21.5. The summed E-state index contributed by atoms with van der Waals surface area (Å²) in [5.74, 6) is -0.311. The molecule has 7 heteroatoms. The molecule has 1 heterocycles. The second kappa shape index (κ2) is 5.75. The number of ketones is 1. The van der Waals surface area contributed by atoms with Gasteiger partial charge in [-0.2, -0.15) is 5.10 Å². The predicted molar refractivity (Wildman–Crippen MR) is 86.9 cm³/mol. The SMILES string of the molecule is Cn1cc(C(=O)Nc2cccc3c2C2CCCC(=O)C32)c(C(F)F)n1. The van der Waals surface area contributed by atoms with Gasteiger partial charge in [-0.15, -0.1) is 0 Å². The number of rotatable bonds is 3. The number of nitrogens with one attached hydrogen (secondary N) is 1. The first-order valence-corrected chi connectivity index (χ1v) is 8.26. The van der Waals surface area contributed by atoms with Crippen LogP contribution in [-0.4, -0.2) is 21.5 Å². The first-order valence-electron chi connectivity index (χ1n) is 8.26. The number of benzene rings is 1. The summed E-state index contributed by atoms with van der Waals surface area (Å²) in [6, 6.07) is 5.44. The van der Waals surface area contributed by atoms with E-state index in [1.54, 1.807) is 12.1 Å². The minimum atomic E-state index is -2.82. The van der Waals surface area contributed by atoms with Crippen molar-refractivity contribution >= 4 is 17.4 Å². The van der Waals surface area contributed by atoms with Gasteiger partial charge in [0.1, 0.15) is 11.5 Å². The van der Waals surface area contributed by atoms with Crippen molar-refractivity contribution in [1.82, 2.24) is 9.78 Å². The van der Waals surface area contributed by atoms with Crippen LogP contribution in [0.25, 0.3) is 0 Å². The number of amides is 1. The van der Waals surface area contributed by atoms with E-state index in [9.17, 15) is 18.4 Å². The largest absolute Gasteiger partial charge is 0.322 e. The van der Waals surface area contributed by atoms with Crippen LogP contribution in [0.3, 0.4) is 0 Å². The molecular weight excluding hydrogens is 328 g/mol. The van der Waals surface area contributed by atoms with Crippen molar-refractivity contribution in [2.75, 3.05) is 5.32 Å². The molecule has 0 radical (unpaired) electrons. The second-order valence-electron chi connectivity index (χ2n) is 6.61. The minimum absolute atomic E-state index is 0.0735. The summed E-state index contributed by atoms with van der Waals surface area (Å²) >= 11 is 0. The van der Waals surface area contributed by atoms with Gasteiger partial charge in [0.05, 0.1) is 5.56 Å². The van der Waals surface area contributed by atoms with Crippen LogP contribution in [0.1, 0.15) is 64.7 Å². The number of nitrogens with zero attached hydrogens (tertiary/aromatic N) is 2. The standard InChI is InChI=1S/C18H17F2N3O2/c1-23-8-11(16(22-23)17(19)20)18(25)21-12-6-2-4-9-14(12)10-5-3-7-13(24)15(9)10/h2,4,6,8,10,15,17H,3,5,7H2,1H3,(H,21,25). The summed E-state index contributed by atoms with van der Waals surface area (Å²) < 4.78 is 27.3. The highest BCUT2D eigenvalue weighted by atomic mass is 19.3. The van der Waals surface area contributed by atoms with E-state index in [0.29, 0.717) is 12.1 Å². The zero-order valence-corrected chi connectivity index (χ0v) is 13.6. The van der Waals surface area contributed by atoms with E-state index in [1.165, 1.54) is 17.9 Å². The average Bonchev–Trinajstić information content (AvgIpc) is 2.94. The Labute approximate surface area is 143 Å². The Bertz CT molecular complexity index is 875. The molecule has 4 rings (SSSR count). The highest BCUT2D eigenvalue weighted by Gasteiger charge is 2.45. The van der Waals surface area contributed by atoms with E-state index in [4.69, 9.17) is 0 Å². The van der Waals surface area contributed by atoms with Gasteiger partial charge in [-0.1, -0.05) is 12.1 Å². The molecule has 0 saturated heterocycles. The van der Waals surface area contributed by atoms with Gasteiger partial charge >= 0.3 is 0 Å². The molecule has 1 saturated carbocycles. The Morgan fingerprint density at radius 1 is 1.40 bits per heavy atom. The maximum atomic E-state index is 13.1. The molecule has 2 aliphatic rings. The number of hydrogen-bond donors (Lipinski definition) is 1. The topological polar surface area (TPSA) is 64.0 Å². The number of halogens is 2. The van der Waals surface area contributed by atoms with E-state index in [-0.39, 0.29) is 23.2 Å². The van der Waals surface area contributed by atoms with Crippen LogP contribution in [0.5, 0.6) is 0 Å². The fourth-order valence-corrected chi connectivity index (χ4v) is 4.06. The summed E-state index contributed by atoms with van der Waals surface area (Å²) in [5, 5.41) is 6.40. The number of alkyl halides is 2. The van der Waals surface area contributed by atoms with Gasteiger partial charge in [-0.25, -0.2) is 8.78 Å². The van der Waals surface area contributed by atoms with Gasteiger partial charge < -0.3 is 5.32 Å². The molecule has 0 spiro atoms. The smallest absolute Gasteiger partial charge is 0.282 e. The third-order valence-electron chi connectivity index (χ3n) is 5.09. The lowest BCUT2D eigenvalue weighted by molar-refractivity contribution is -0.123. The van der Waals surface area contributed by atoms with Gasteiger partial charge in [0.25, 0.3) is 12.3 Å². The highest BCUT2D eigenvalue weighted by Crippen LogP contribution is 2.55. The van der Waals surface area contributed by atoms with Crippen molar-refractivity contribution in [3.63, 3.8) is 0 Å². The molecule has 5 nitrogen and oxygen atoms in total. The average molecular weight is 345 g/mol. The third kappa shape index (κ3) is 2.45. The van der Waals surface area contributed by atoms with E-state index < -0.39 is 18.0 Å². The Morgan fingerprint density at radius 2 is 2.20 bits per heavy atom. The lowest BCUT2D eigenvalue weighted by atomic mass is 9.60. The molecule has 0 aliphatic heterocycles. The fourth-order valence-electron chi connectivity index (χ4n) is 4.06. The molecule has 130 valence electrons. The molecule has 1 amide bonds. The number of aryl methyl sites for hydroxylation is 1. The number of carbonyl (C=O) groups is 2. The van der Waals surface area contributed by atoms with Crippen LogP contribution >= 0.6 is 0 Å². The summed E-state index contributed by atoms with van der Waals surface area (Å²) in [6.45, 7) is 0. The molecule has 1 N–H and O–H groups in total. The van der Waals surface area contributed by atoms with E-state index in [0.717, 1.165) is 24.0 Å². The molecule has 2 atom stereocenters. The zero-order chi connectivity index (χ0) is 17.7. The number of Topliss-reactive ketones (excluding diaryl/α,β-unsaturated/α-hetero) is 1. The minimum Gasteiger partial charge on any atom is -0.322 e. The number of hydrogen-bond acceptors (Lipinski definition) is 3. The van der Waals surface area contributed by atoms with E-state index >= 15 is 0 Å². The number of carbonyl (C=O) groups excluding carboxylic acids is 2. The first kappa shape index (κ1) is 15.9. The number of fused-ring (bicyclic) bond motifs is 4. The second-order valence-corrected chi connectivity index (χ2v) is 6.61. The van der Waals surface area contributed by atoms with Gasteiger partial charge in [0, 0.05) is 37.2 Å². The van der Waals surface area contributed by atoms with Gasteiger partial charge in [-0.05, 0) is 30.0 Å². The van der Waals surface area contributed by atoms with E-state index in [1.807, 2.05) is 6.07 Å². The van der Waals surface area contributed by atoms with Crippen LogP contribution in [0.2, 0.25) is 0 Å². The molecule has 1 aromatic carbocycles. The summed E-state index contributed by atoms with van der Waals surface area (Å²) in [7, 11) is 1.50. The van der Waals surface area contributed by atoms with Gasteiger partial charge in [0.15, 0.2) is 0 Å². The predicted octanol–water partition coefficient (Wildman–Crippen LogP) is 3.54. The van der Waals surface area contributed by atoms with Crippen molar-refractivity contribution in [3.05, 3.63) is 46.8 Å². The maximum Gasteiger partial charge on any atom is 0.282 e. The lowest BCUT2D eigenvalue weighted by Gasteiger charge is -2.43. The van der Waals surface area contributed by atoms with Crippen molar-refractivity contribution in [2.24, 2.45) is 7.05 Å². The Kier molecular flexibility index (Phi) is 3.67. The summed E-state index contributed by atoms with van der Waals surface area (Å²) in [5.41, 5.74) is 1.86. The quantitative estimate of drug-likeness (QED) is 0.925. The maximum absolute atomic E-state index is 13.1. The van der Waals surface area contributed by atoms with Gasteiger partial charge in [0.2, 0.25) is 0 Å². The molecule has 2 unspecified atom stereocenters. The summed E-state index contributed by atoms with van der Waals surface area (Å²) in [6.07, 6.45) is 0.829. The van der Waals surface area contributed by atoms with Crippen LogP contribution in [0.4, 0.5) is 14.5 Å². The first-order chi connectivity index (χ1) is 12.0. The van der Waals surface area contributed by atoms with E-state index in [2.05, 4.69) is 10.4 Å². The molecule has 2 aliphatic carbocycles. The Morgan fingerprint density at radius 3 is 2.96 bits per heavy atom. The van der Waals surface area contributed by atoms with Crippen LogP contribution < -0.4 is 5.32 Å². The molecule has 1 aromatic heterocycles. The summed E-state index contributed by atoms with van der Waals surface area (Å²) in [4.78, 5) is 24.6. The third-order valence-corrected chi connectivity index (χ3v) is 5.09. The van der Waals surface area contributed by atoms with Gasteiger partial charge in [-0.3, -0.25) is 14.3 Å². The molecular formula is C18H17F2N3O2. The fraction of sp³-hybridized carbons (Fsp3) is 0.389. The van der Waals surface area contributed by atoms with Crippen molar-refractivity contribution in [2.45, 2.75) is 37.5 Å². The lowest BCUT2D eigenvalue weighted by Crippen LogP contribution is -2.35. The Balaban J connectivity index is 1.65. The van der Waals surface area contributed by atoms with Crippen LogP contribution in [-0.2, 0) is 11.8 Å². The molecule has 25 heavy (non-hydrogen) atoms. The number of aromatic nitrogens is 2.